The lowest BCUT2D eigenvalue weighted by Gasteiger charge is -1.95. The van der Waals surface area contributed by atoms with Crippen LogP contribution in [0.1, 0.15) is 5.56 Å². The lowest BCUT2D eigenvalue weighted by molar-refractivity contribution is 1.74. The van der Waals surface area contributed by atoms with E-state index >= 15 is 0 Å². The molecule has 0 fully saturated rings. The second-order valence-electron chi connectivity index (χ2n) is 1.88. The van der Waals surface area contributed by atoms with Gasteiger partial charge in [-0.2, -0.15) is 0 Å². The van der Waals surface area contributed by atoms with E-state index in [0.717, 1.165) is 10.8 Å². The highest BCUT2D eigenvalue weighted by Crippen LogP contribution is 2.01. The third-order valence-corrected chi connectivity index (χ3v) is 1.96. The van der Waals surface area contributed by atoms with Crippen molar-refractivity contribution in [2.75, 3.05) is 0 Å². The predicted octanol–water partition coefficient (Wildman–Crippen LogP) is 1.09. The highest BCUT2D eigenvalue weighted by Gasteiger charge is 1.92. The molecule has 0 unspecified atom stereocenters. The summed E-state index contributed by atoms with van der Waals surface area (Å²) in [6.07, 6.45) is 0. The Labute approximate surface area is 74.5 Å². The van der Waals surface area contributed by atoms with Crippen LogP contribution in [-0.4, -0.2) is 14.4 Å². The Morgan fingerprint density at radius 1 is 1.30 bits per heavy atom. The van der Waals surface area contributed by atoms with E-state index in [1.54, 1.807) is 0 Å². The topological polar surface area (TPSA) is 0 Å². The van der Waals surface area contributed by atoms with E-state index in [1.165, 1.54) is 0 Å². The number of rotatable bonds is 1. The van der Waals surface area contributed by atoms with Crippen molar-refractivity contribution >= 4 is 44.5 Å². The summed E-state index contributed by atoms with van der Waals surface area (Å²) in [4.78, 5) is 0. The van der Waals surface area contributed by atoms with Crippen molar-refractivity contribution in [1.82, 2.24) is 0 Å². The van der Waals surface area contributed by atoms with Crippen molar-refractivity contribution in [1.29, 1.82) is 0 Å². The van der Waals surface area contributed by atoms with Gasteiger partial charge in [-0.25, -0.2) is 0 Å². The smallest absolute Gasteiger partial charge is 0.0747 e. The van der Waals surface area contributed by atoms with Crippen molar-refractivity contribution < 1.29 is 0 Å². The van der Waals surface area contributed by atoms with E-state index in [9.17, 15) is 0 Å². The Bertz CT molecular complexity index is 240. The molecule has 0 aliphatic rings. The van der Waals surface area contributed by atoms with Crippen LogP contribution >= 0.6 is 24.8 Å². The molecule has 0 heterocycles. The van der Waals surface area contributed by atoms with Gasteiger partial charge in [-0.15, -0.1) is 12.6 Å². The second-order valence-corrected chi connectivity index (χ2v) is 3.62. The van der Waals surface area contributed by atoms with Gasteiger partial charge >= 0.3 is 0 Å². The first-order valence-electron chi connectivity index (χ1n) is 2.75. The monoisotopic (exact) mass is 181 g/mol. The summed E-state index contributed by atoms with van der Waals surface area (Å²) in [5.74, 6) is 0. The van der Waals surface area contributed by atoms with Gasteiger partial charge in [-0.3, -0.25) is 0 Å². The van der Waals surface area contributed by atoms with Gasteiger partial charge < -0.3 is 0 Å². The molecule has 0 aliphatic carbocycles. The number of thiocarbonyl (C=S) groups is 1. The van der Waals surface area contributed by atoms with Crippen molar-refractivity contribution in [3.05, 3.63) is 29.8 Å². The van der Waals surface area contributed by atoms with Crippen LogP contribution in [0.2, 0.25) is 0 Å². The van der Waals surface area contributed by atoms with Crippen molar-refractivity contribution in [2.45, 2.75) is 0 Å². The Hall–Kier alpha value is -0.123. The number of hydrogen-bond donors (Lipinski definition) is 1. The maximum absolute atomic E-state index is 4.85. The molecule has 0 saturated carbocycles. The zero-order chi connectivity index (χ0) is 7.56. The summed E-state index contributed by atoms with van der Waals surface area (Å²) < 4.78 is 0.631. The summed E-state index contributed by atoms with van der Waals surface area (Å²) in [5, 5.41) is 1.05. The van der Waals surface area contributed by atoms with E-state index in [1.807, 2.05) is 24.3 Å². The van der Waals surface area contributed by atoms with Gasteiger partial charge in [0.2, 0.25) is 0 Å². The van der Waals surface area contributed by atoms with E-state index in [0.29, 0.717) is 4.20 Å². The summed E-state index contributed by atoms with van der Waals surface area (Å²) in [6.45, 7) is 0. The molecule has 0 aliphatic heterocycles. The van der Waals surface area contributed by atoms with Crippen molar-refractivity contribution in [3.63, 3.8) is 0 Å². The molecule has 0 bridgehead atoms. The Morgan fingerprint density at radius 2 is 1.80 bits per heavy atom. The van der Waals surface area contributed by atoms with Crippen LogP contribution in [0.3, 0.4) is 0 Å². The van der Waals surface area contributed by atoms with Gasteiger partial charge in [0.05, 0.1) is 14.4 Å². The van der Waals surface area contributed by atoms with Crippen LogP contribution < -0.4 is 5.19 Å². The average molecular weight is 181 g/mol. The van der Waals surface area contributed by atoms with Gasteiger partial charge in [0.15, 0.2) is 0 Å². The first kappa shape index (κ1) is 7.98. The minimum Gasteiger partial charge on any atom is -0.131 e. The summed E-state index contributed by atoms with van der Waals surface area (Å²) >= 11 is 8.89. The van der Waals surface area contributed by atoms with Crippen LogP contribution in [0.15, 0.2) is 24.3 Å². The Kier molecular flexibility index (Phi) is 2.65. The van der Waals surface area contributed by atoms with Gasteiger partial charge in [0.25, 0.3) is 0 Å². The fourth-order valence-electron chi connectivity index (χ4n) is 0.613. The molecule has 0 atom stereocenters. The van der Waals surface area contributed by atoms with Crippen LogP contribution in [0.5, 0.6) is 0 Å². The third-order valence-electron chi connectivity index (χ3n) is 1.13. The standard InChI is InChI=1S/C7H5S2Si/c8-7(9)5-1-3-6(10)4-2-5/h1-4H,(H,8,9). The fraction of sp³-hybridized carbons (Fsp3) is 0. The minimum absolute atomic E-state index is 0.631. The number of thiol groups is 1. The highest BCUT2D eigenvalue weighted by molar-refractivity contribution is 8.11. The minimum atomic E-state index is 0.631. The molecule has 0 spiro atoms. The van der Waals surface area contributed by atoms with E-state index < -0.39 is 0 Å². The van der Waals surface area contributed by atoms with Gasteiger partial charge in [0, 0.05) is 0 Å². The third kappa shape index (κ3) is 1.93. The molecule has 0 amide bonds. The predicted molar refractivity (Wildman–Crippen MR) is 52.5 cm³/mol. The first-order chi connectivity index (χ1) is 4.70. The first-order valence-corrected chi connectivity index (χ1v) is 4.10. The quantitative estimate of drug-likeness (QED) is 0.384. The molecule has 0 nitrogen and oxygen atoms in total. The molecule has 1 rings (SSSR count). The average Bonchev–Trinajstić information content (AvgIpc) is 1.88. The molecular formula is C7H5S2Si. The van der Waals surface area contributed by atoms with E-state index in [2.05, 4.69) is 22.9 Å². The molecule has 3 radical (unpaired) electrons. The SMILES string of the molecule is [Si]c1ccc(C(=S)S)cc1. The molecule has 10 heavy (non-hydrogen) atoms. The van der Waals surface area contributed by atoms with Gasteiger partial charge in [-0.1, -0.05) is 41.7 Å². The highest BCUT2D eigenvalue weighted by atomic mass is 32.1. The van der Waals surface area contributed by atoms with Crippen LogP contribution in [0.4, 0.5) is 0 Å². The summed E-state index contributed by atoms with van der Waals surface area (Å²) in [6, 6.07) is 7.73. The van der Waals surface area contributed by atoms with Crippen LogP contribution in [0, 0.1) is 0 Å². The van der Waals surface area contributed by atoms with Gasteiger partial charge in [0.1, 0.15) is 0 Å². The largest absolute Gasteiger partial charge is 0.131 e. The molecule has 0 aromatic heterocycles. The maximum Gasteiger partial charge on any atom is 0.0747 e. The normalized spacial score (nSPS) is 9.40. The van der Waals surface area contributed by atoms with E-state index in [4.69, 9.17) is 12.2 Å². The fourth-order valence-corrected chi connectivity index (χ4v) is 1.06. The lowest BCUT2D eigenvalue weighted by Crippen LogP contribution is -2.01. The molecule has 3 heteroatoms. The zero-order valence-electron chi connectivity index (χ0n) is 5.16. The summed E-state index contributed by atoms with van der Waals surface area (Å²) in [5.41, 5.74) is 0.986. The van der Waals surface area contributed by atoms with Crippen LogP contribution in [-0.2, 0) is 0 Å². The van der Waals surface area contributed by atoms with Crippen LogP contribution in [0.25, 0.3) is 0 Å². The number of benzene rings is 1. The molecular weight excluding hydrogens is 176 g/mol. The molecule has 49 valence electrons. The molecule has 1 aromatic rings. The number of hydrogen-bond acceptors (Lipinski definition) is 1. The second kappa shape index (κ2) is 3.32. The van der Waals surface area contributed by atoms with Crippen molar-refractivity contribution in [3.8, 4) is 0 Å². The van der Waals surface area contributed by atoms with E-state index in [-0.39, 0.29) is 0 Å². The van der Waals surface area contributed by atoms with Crippen molar-refractivity contribution in [2.24, 2.45) is 0 Å². The Morgan fingerprint density at radius 3 is 2.20 bits per heavy atom. The molecule has 1 aromatic carbocycles. The molecule has 0 N–H and O–H groups in total. The Balaban J connectivity index is 3.00. The van der Waals surface area contributed by atoms with Gasteiger partial charge in [-0.05, 0) is 5.56 Å². The molecule has 0 saturated heterocycles. The summed E-state index contributed by atoms with van der Waals surface area (Å²) in [7, 11) is 3.37. The zero-order valence-corrected chi connectivity index (χ0v) is 7.88. The lowest BCUT2D eigenvalue weighted by atomic mass is 10.2. The maximum atomic E-state index is 4.85.